The van der Waals surface area contributed by atoms with Gasteiger partial charge in [-0.1, -0.05) is 0 Å². The summed E-state index contributed by atoms with van der Waals surface area (Å²) in [5.41, 5.74) is 0. The summed E-state index contributed by atoms with van der Waals surface area (Å²) in [6.45, 7) is 0. The first-order valence-corrected chi connectivity index (χ1v) is 6.26. The van der Waals surface area contributed by atoms with Crippen molar-refractivity contribution >= 4 is 40.9 Å². The average Bonchev–Trinajstić information content (AvgIpc) is 0.811. The predicted molar refractivity (Wildman–Crippen MR) is 25.7 cm³/mol. The molecule has 4 heavy (non-hydrogen) atoms. The van der Waals surface area contributed by atoms with Crippen LogP contribution in [0.25, 0.3) is 0 Å². The molecule has 0 aromatic rings. The number of hydrogen-bond donors (Lipinski definition) is 0. The Bertz CT molecular complexity index is 10.8. The molecule has 0 saturated heterocycles. The van der Waals surface area contributed by atoms with Gasteiger partial charge in [0.15, 0.2) is 0 Å². The Balaban J connectivity index is 2.32. The third-order valence-electron chi connectivity index (χ3n) is 0. The van der Waals surface area contributed by atoms with Crippen LogP contribution in [0.2, 0.25) is 0 Å². The van der Waals surface area contributed by atoms with Crippen molar-refractivity contribution < 1.29 is 8.44 Å². The first kappa shape index (κ1) is 5.80. The molecule has 0 rings (SSSR count). The Labute approximate surface area is 48.9 Å². The van der Waals surface area contributed by atoms with Crippen LogP contribution in [0.1, 0.15) is 0 Å². The molecule has 0 unspecified atom stereocenters. The zero-order chi connectivity index (χ0) is 3.58. The first-order valence-electron chi connectivity index (χ1n) is 0.359. The fraction of sp³-hybridized carbons (Fsp3) is 0. The van der Waals surface area contributed by atoms with Gasteiger partial charge in [-0.2, -0.15) is 0 Å². The van der Waals surface area contributed by atoms with Crippen molar-refractivity contribution in [3.05, 3.63) is 0 Å². The Morgan fingerprint density at radius 1 is 1.50 bits per heavy atom. The van der Waals surface area contributed by atoms with Crippen LogP contribution in [0.4, 0.5) is 0 Å². The van der Waals surface area contributed by atoms with Crippen LogP contribution >= 0.6 is 40.9 Å². The first-order chi connectivity index (χ1) is 1.73. The molecule has 0 saturated carbocycles. The minimum atomic E-state index is -0.544. The van der Waals surface area contributed by atoms with E-state index in [2.05, 4.69) is 0 Å². The molecule has 0 nitrogen and oxygen atoms in total. The van der Waals surface area contributed by atoms with Crippen molar-refractivity contribution in [3.8, 4) is 0 Å². The SMILES string of the molecule is [Cl][Ni]([Cl])[I]. The van der Waals surface area contributed by atoms with Crippen molar-refractivity contribution in [3.63, 3.8) is 0 Å². The van der Waals surface area contributed by atoms with Gasteiger partial charge in [-0.05, 0) is 0 Å². The zero-order valence-corrected chi connectivity index (χ0v) is 6.11. The molecule has 0 aliphatic carbocycles. The summed E-state index contributed by atoms with van der Waals surface area (Å²) in [5.74, 6) is 0. The van der Waals surface area contributed by atoms with E-state index in [1.54, 1.807) is 0 Å². The molecule has 0 aliphatic heterocycles. The predicted octanol–water partition coefficient (Wildman–Crippen LogP) is 2.26. The molecule has 0 spiro atoms. The quantitative estimate of drug-likeness (QED) is 0.461. The fourth-order valence-electron chi connectivity index (χ4n) is 0. The van der Waals surface area contributed by atoms with Crippen molar-refractivity contribution in [2.24, 2.45) is 0 Å². The molecule has 0 heterocycles. The summed E-state index contributed by atoms with van der Waals surface area (Å²) in [7, 11) is 9.59. The van der Waals surface area contributed by atoms with Gasteiger partial charge in [0.05, 0.1) is 0 Å². The van der Waals surface area contributed by atoms with Gasteiger partial charge < -0.3 is 0 Å². The van der Waals surface area contributed by atoms with Crippen LogP contribution in [0.5, 0.6) is 0 Å². The van der Waals surface area contributed by atoms with E-state index in [9.17, 15) is 0 Å². The van der Waals surface area contributed by atoms with Gasteiger partial charge in [-0.3, -0.25) is 0 Å². The summed E-state index contributed by atoms with van der Waals surface area (Å²) >= 11 is 1.92. The van der Waals surface area contributed by atoms with Gasteiger partial charge in [-0.25, -0.2) is 0 Å². The van der Waals surface area contributed by atoms with Crippen molar-refractivity contribution in [2.45, 2.75) is 0 Å². The molecule has 4 heteroatoms. The molecule has 0 N–H and O–H groups in total. The normalized spacial score (nSPS) is 11.2. The van der Waals surface area contributed by atoms with Gasteiger partial charge in [0.2, 0.25) is 0 Å². The van der Waals surface area contributed by atoms with E-state index in [-0.39, 0.29) is 0 Å². The third kappa shape index (κ3) is 9.19. The van der Waals surface area contributed by atoms with Crippen LogP contribution in [-0.4, -0.2) is 0 Å². The van der Waals surface area contributed by atoms with Gasteiger partial charge in [0.1, 0.15) is 0 Å². The molecule has 0 amide bonds. The molecule has 0 radical (unpaired) electrons. The molecule has 0 aliphatic rings. The average molecular weight is 257 g/mol. The summed E-state index contributed by atoms with van der Waals surface area (Å²) in [5, 5.41) is 0. The summed E-state index contributed by atoms with van der Waals surface area (Å²) in [6, 6.07) is 0. The van der Waals surface area contributed by atoms with Gasteiger partial charge in [-0.15, -0.1) is 0 Å². The fourth-order valence-corrected chi connectivity index (χ4v) is 0. The van der Waals surface area contributed by atoms with Gasteiger partial charge in [0, 0.05) is 0 Å². The van der Waals surface area contributed by atoms with E-state index in [0.717, 1.165) is 0 Å². The molecule has 0 aromatic carbocycles. The van der Waals surface area contributed by atoms with Crippen molar-refractivity contribution in [1.82, 2.24) is 0 Å². The second-order valence-corrected chi connectivity index (χ2v) is 9.17. The zero-order valence-electron chi connectivity index (χ0n) is 1.45. The third-order valence-corrected chi connectivity index (χ3v) is 0. The van der Waals surface area contributed by atoms with Crippen LogP contribution in [0, 0.1) is 0 Å². The summed E-state index contributed by atoms with van der Waals surface area (Å²) in [4.78, 5) is 0. The number of halogens is 3. The molecular formula is Cl2INi. The van der Waals surface area contributed by atoms with Crippen molar-refractivity contribution in [2.75, 3.05) is 0 Å². The maximum atomic E-state index is 5.07. The standard InChI is InChI=1S/2ClH.HI.Ni/h3*1H;/q;;;+3/p-3. The van der Waals surface area contributed by atoms with E-state index in [1.165, 1.54) is 0 Å². The Morgan fingerprint density at radius 2 is 1.50 bits per heavy atom. The maximum absolute atomic E-state index is 5.07. The van der Waals surface area contributed by atoms with E-state index in [1.807, 2.05) is 20.5 Å². The topological polar surface area (TPSA) is 0 Å². The molecule has 0 bridgehead atoms. The Hall–Kier alpha value is 1.80. The summed E-state index contributed by atoms with van der Waals surface area (Å²) < 4.78 is 0. The second-order valence-electron chi connectivity index (χ2n) is 0.136. The van der Waals surface area contributed by atoms with E-state index < -0.39 is 8.44 Å². The van der Waals surface area contributed by atoms with Crippen LogP contribution < -0.4 is 0 Å². The number of rotatable bonds is 0. The van der Waals surface area contributed by atoms with Gasteiger partial charge >= 0.3 is 49.3 Å². The van der Waals surface area contributed by atoms with E-state index in [0.29, 0.717) is 0 Å². The molecule has 31 valence electrons. The summed E-state index contributed by atoms with van der Waals surface area (Å²) in [6.07, 6.45) is 0. The molecule has 0 fully saturated rings. The number of hydrogen-bond acceptors (Lipinski definition) is 0. The van der Waals surface area contributed by atoms with Crippen LogP contribution in [-0.2, 0) is 8.44 Å². The van der Waals surface area contributed by atoms with E-state index in [4.69, 9.17) is 20.4 Å². The van der Waals surface area contributed by atoms with Crippen LogP contribution in [0.3, 0.4) is 0 Å². The monoisotopic (exact) mass is 255 g/mol. The van der Waals surface area contributed by atoms with Gasteiger partial charge in [0.25, 0.3) is 0 Å². The van der Waals surface area contributed by atoms with Crippen LogP contribution in [0.15, 0.2) is 0 Å². The molecule has 0 atom stereocenters. The van der Waals surface area contributed by atoms with Crippen molar-refractivity contribution in [1.29, 1.82) is 0 Å². The second kappa shape index (κ2) is 3.01. The Morgan fingerprint density at radius 3 is 1.50 bits per heavy atom. The molecule has 0 aromatic heterocycles. The Kier molecular flexibility index (Phi) is 4.37. The molecular weight excluding hydrogens is 257 g/mol. The minimum absolute atomic E-state index is 0.544. The van der Waals surface area contributed by atoms with E-state index >= 15 is 0 Å².